The van der Waals surface area contributed by atoms with E-state index >= 15 is 0 Å². The van der Waals surface area contributed by atoms with E-state index in [1.807, 2.05) is 0 Å². The van der Waals surface area contributed by atoms with Crippen molar-refractivity contribution in [2.24, 2.45) is 5.92 Å². The Bertz CT molecular complexity index is 280. The van der Waals surface area contributed by atoms with Crippen LogP contribution in [0.3, 0.4) is 0 Å². The number of nitrogens with one attached hydrogen (secondary N) is 3. The lowest BCUT2D eigenvalue weighted by Gasteiger charge is -2.30. The van der Waals surface area contributed by atoms with Crippen molar-refractivity contribution in [3.8, 4) is 0 Å². The van der Waals surface area contributed by atoms with Crippen LogP contribution in [0.1, 0.15) is 12.8 Å². The molecule has 3 aliphatic rings. The van der Waals surface area contributed by atoms with Crippen molar-refractivity contribution in [3.63, 3.8) is 0 Å². The van der Waals surface area contributed by atoms with Crippen molar-refractivity contribution in [2.75, 3.05) is 13.1 Å². The van der Waals surface area contributed by atoms with Gasteiger partial charge in [0.2, 0.25) is 0 Å². The Balaban J connectivity index is 1.94. The number of hydrogen-bond donors (Lipinski definition) is 3. The zero-order chi connectivity index (χ0) is 8.67. The molecule has 0 aromatic heterocycles. The van der Waals surface area contributed by atoms with Gasteiger partial charge in [-0.1, -0.05) is 6.08 Å². The summed E-state index contributed by atoms with van der Waals surface area (Å²) in [5.74, 6) is 0.702. The average Bonchev–Trinajstić information content (AvgIpc) is 2.61. The van der Waals surface area contributed by atoms with E-state index in [0.717, 1.165) is 13.1 Å². The zero-order valence-corrected chi connectivity index (χ0v) is 7.64. The van der Waals surface area contributed by atoms with E-state index in [-0.39, 0.29) is 0 Å². The lowest BCUT2D eigenvalue weighted by Crippen LogP contribution is -2.38. The Labute approximate surface area is 78.2 Å². The summed E-state index contributed by atoms with van der Waals surface area (Å²) in [6.07, 6.45) is 7.10. The number of hydrogen-bond acceptors (Lipinski definition) is 3. The molecule has 3 nitrogen and oxygen atoms in total. The second-order valence-corrected chi connectivity index (χ2v) is 4.04. The Hall–Kier alpha value is -0.800. The first-order valence-corrected chi connectivity index (χ1v) is 5.07. The van der Waals surface area contributed by atoms with E-state index in [4.69, 9.17) is 0 Å². The summed E-state index contributed by atoms with van der Waals surface area (Å²) >= 11 is 0. The molecule has 0 unspecified atom stereocenters. The monoisotopic (exact) mass is 177 g/mol. The summed E-state index contributed by atoms with van der Waals surface area (Å²) < 4.78 is 0. The lowest BCUT2D eigenvalue weighted by molar-refractivity contribution is 0.448. The molecule has 13 heavy (non-hydrogen) atoms. The molecule has 1 fully saturated rings. The maximum atomic E-state index is 3.57. The van der Waals surface area contributed by atoms with Gasteiger partial charge in [-0.25, -0.2) is 5.43 Å². The van der Waals surface area contributed by atoms with Crippen LogP contribution < -0.4 is 16.2 Å². The van der Waals surface area contributed by atoms with Crippen LogP contribution in [-0.2, 0) is 0 Å². The summed E-state index contributed by atoms with van der Waals surface area (Å²) in [6.45, 7) is 2.22. The van der Waals surface area contributed by atoms with Gasteiger partial charge in [0.1, 0.15) is 0 Å². The van der Waals surface area contributed by atoms with Gasteiger partial charge in [-0.15, -0.1) is 0 Å². The molecule has 1 aliphatic carbocycles. The topological polar surface area (TPSA) is 36.1 Å². The van der Waals surface area contributed by atoms with Crippen LogP contribution in [-0.4, -0.2) is 19.1 Å². The van der Waals surface area contributed by atoms with Gasteiger partial charge in [-0.05, 0) is 31.0 Å². The third-order valence-electron chi connectivity index (χ3n) is 3.18. The molecule has 0 spiro atoms. The van der Waals surface area contributed by atoms with Crippen LogP contribution in [0.5, 0.6) is 0 Å². The third-order valence-corrected chi connectivity index (χ3v) is 3.18. The molecule has 3 N–H and O–H groups in total. The summed E-state index contributed by atoms with van der Waals surface area (Å²) in [7, 11) is 0. The second-order valence-electron chi connectivity index (χ2n) is 4.04. The predicted octanol–water partition coefficient (Wildman–Crippen LogP) is 0.286. The van der Waals surface area contributed by atoms with Crippen molar-refractivity contribution >= 4 is 0 Å². The van der Waals surface area contributed by atoms with E-state index in [2.05, 4.69) is 28.3 Å². The summed E-state index contributed by atoms with van der Waals surface area (Å²) in [6, 6.07) is 0.615. The molecule has 2 atom stereocenters. The van der Waals surface area contributed by atoms with Crippen LogP contribution in [0, 0.1) is 5.92 Å². The van der Waals surface area contributed by atoms with Gasteiger partial charge in [-0.3, -0.25) is 0 Å². The van der Waals surface area contributed by atoms with Crippen molar-refractivity contribution in [2.45, 2.75) is 18.9 Å². The highest BCUT2D eigenvalue weighted by atomic mass is 15.4. The largest absolute Gasteiger partial charge is 0.325 e. The molecule has 70 valence electrons. The molecule has 0 saturated carbocycles. The highest BCUT2D eigenvalue weighted by Gasteiger charge is 2.30. The van der Waals surface area contributed by atoms with Gasteiger partial charge in [0, 0.05) is 24.2 Å². The second kappa shape index (κ2) is 2.86. The maximum Gasteiger partial charge on any atom is 0.0324 e. The molecule has 2 heterocycles. The SMILES string of the molecule is C1=C2NNC[C@H]2C[C@@H]2NCCC=C12. The minimum atomic E-state index is 0.615. The van der Waals surface area contributed by atoms with Crippen molar-refractivity contribution in [3.05, 3.63) is 23.4 Å². The first-order valence-electron chi connectivity index (χ1n) is 5.07. The normalized spacial score (nSPS) is 36.9. The van der Waals surface area contributed by atoms with Crippen LogP contribution in [0.25, 0.3) is 0 Å². The van der Waals surface area contributed by atoms with E-state index < -0.39 is 0 Å². The van der Waals surface area contributed by atoms with Crippen molar-refractivity contribution in [1.29, 1.82) is 0 Å². The van der Waals surface area contributed by atoms with Gasteiger partial charge in [0.05, 0.1) is 0 Å². The maximum absolute atomic E-state index is 3.57. The van der Waals surface area contributed by atoms with Crippen LogP contribution >= 0.6 is 0 Å². The standard InChI is InChI=1S/C10H15N3/c1-2-7-4-10-8(6-12-13-10)5-9(7)11-3-1/h2,4,8-9,11-13H,1,3,5-6H2/t8-,9+/m1/s1. The molecular formula is C10H15N3. The van der Waals surface area contributed by atoms with E-state index in [9.17, 15) is 0 Å². The molecule has 0 amide bonds. The number of rotatable bonds is 0. The van der Waals surface area contributed by atoms with Gasteiger partial charge >= 0.3 is 0 Å². The number of fused-ring (bicyclic) bond motifs is 2. The molecule has 0 aromatic carbocycles. The highest BCUT2D eigenvalue weighted by Crippen LogP contribution is 2.30. The Morgan fingerprint density at radius 3 is 3.38 bits per heavy atom. The highest BCUT2D eigenvalue weighted by molar-refractivity contribution is 5.35. The molecule has 3 rings (SSSR count). The van der Waals surface area contributed by atoms with Gasteiger partial charge in [0.15, 0.2) is 0 Å². The summed E-state index contributed by atoms with van der Waals surface area (Å²) in [5.41, 5.74) is 9.30. The smallest absolute Gasteiger partial charge is 0.0324 e. The molecule has 2 aliphatic heterocycles. The van der Waals surface area contributed by atoms with Gasteiger partial charge in [0.25, 0.3) is 0 Å². The zero-order valence-electron chi connectivity index (χ0n) is 7.64. The summed E-state index contributed by atoms with van der Waals surface area (Å²) in [5, 5.41) is 3.57. The lowest BCUT2D eigenvalue weighted by atomic mass is 9.84. The average molecular weight is 177 g/mol. The quantitative estimate of drug-likeness (QED) is 0.497. The predicted molar refractivity (Wildman–Crippen MR) is 51.8 cm³/mol. The molecule has 1 saturated heterocycles. The minimum absolute atomic E-state index is 0.615. The molecular weight excluding hydrogens is 162 g/mol. The fraction of sp³-hybridized carbons (Fsp3) is 0.600. The first kappa shape index (κ1) is 7.59. The Morgan fingerprint density at radius 2 is 2.38 bits per heavy atom. The van der Waals surface area contributed by atoms with Gasteiger partial charge < -0.3 is 10.7 Å². The fourth-order valence-electron chi connectivity index (χ4n) is 2.45. The Morgan fingerprint density at radius 1 is 1.38 bits per heavy atom. The summed E-state index contributed by atoms with van der Waals surface area (Å²) in [4.78, 5) is 0. The van der Waals surface area contributed by atoms with E-state index in [1.165, 1.54) is 24.1 Å². The van der Waals surface area contributed by atoms with Crippen LogP contribution in [0.4, 0.5) is 0 Å². The van der Waals surface area contributed by atoms with Crippen molar-refractivity contribution in [1.82, 2.24) is 16.2 Å². The molecule has 0 bridgehead atoms. The van der Waals surface area contributed by atoms with Gasteiger partial charge in [-0.2, -0.15) is 0 Å². The van der Waals surface area contributed by atoms with Crippen LogP contribution in [0.2, 0.25) is 0 Å². The third kappa shape index (κ3) is 1.19. The van der Waals surface area contributed by atoms with E-state index in [1.54, 1.807) is 0 Å². The van der Waals surface area contributed by atoms with E-state index in [0.29, 0.717) is 12.0 Å². The fourth-order valence-corrected chi connectivity index (χ4v) is 2.45. The molecule has 0 radical (unpaired) electrons. The van der Waals surface area contributed by atoms with Crippen molar-refractivity contribution < 1.29 is 0 Å². The Kier molecular flexibility index (Phi) is 1.67. The molecule has 3 heteroatoms. The number of hydrazine groups is 1. The first-order chi connectivity index (χ1) is 6.43. The van der Waals surface area contributed by atoms with Crippen LogP contribution in [0.15, 0.2) is 23.4 Å². The minimum Gasteiger partial charge on any atom is -0.325 e. The molecule has 0 aromatic rings.